The van der Waals surface area contributed by atoms with Crippen LogP contribution in [0.25, 0.3) is 0 Å². The summed E-state index contributed by atoms with van der Waals surface area (Å²) in [4.78, 5) is 27.8. The highest BCUT2D eigenvalue weighted by Gasteiger charge is 2.29. The van der Waals surface area contributed by atoms with Gasteiger partial charge in [-0.2, -0.15) is 0 Å². The zero-order chi connectivity index (χ0) is 27.2. The number of nitrogens with zero attached hydrogens (tertiary/aromatic N) is 2. The fourth-order valence-corrected chi connectivity index (χ4v) is 5.63. The van der Waals surface area contributed by atoms with Crippen molar-refractivity contribution in [3.63, 3.8) is 0 Å². The second kappa shape index (κ2) is 12.8. The summed E-state index contributed by atoms with van der Waals surface area (Å²) in [6.45, 7) is 1.79. The lowest BCUT2D eigenvalue weighted by Crippen LogP contribution is -2.49. The van der Waals surface area contributed by atoms with Crippen molar-refractivity contribution in [2.24, 2.45) is 0 Å². The lowest BCUT2D eigenvalue weighted by molar-refractivity contribution is -0.141. The Morgan fingerprint density at radius 2 is 1.73 bits per heavy atom. The number of sulfonamides is 1. The van der Waals surface area contributed by atoms with Crippen molar-refractivity contribution < 1.29 is 26.8 Å². The Morgan fingerprint density at radius 3 is 2.32 bits per heavy atom. The van der Waals surface area contributed by atoms with Gasteiger partial charge in [-0.3, -0.25) is 13.9 Å². The van der Waals surface area contributed by atoms with Crippen LogP contribution in [0.4, 0.5) is 14.5 Å². The van der Waals surface area contributed by atoms with Crippen LogP contribution in [0.3, 0.4) is 0 Å². The highest BCUT2D eigenvalue weighted by atomic mass is 79.9. The summed E-state index contributed by atoms with van der Waals surface area (Å²) in [6, 6.07) is 9.66. The number of rotatable bonds is 11. The molecule has 7 nitrogen and oxygen atoms in total. The fourth-order valence-electron chi connectivity index (χ4n) is 4.41. The zero-order valence-electron chi connectivity index (χ0n) is 20.9. The summed E-state index contributed by atoms with van der Waals surface area (Å²) in [6.07, 6.45) is 5.03. The van der Waals surface area contributed by atoms with Crippen LogP contribution in [0.15, 0.2) is 46.9 Å². The third kappa shape index (κ3) is 8.23. The summed E-state index contributed by atoms with van der Waals surface area (Å²) in [5, 5.41) is 3.04. The average Bonchev–Trinajstić information content (AvgIpc) is 3.35. The van der Waals surface area contributed by atoms with E-state index >= 15 is 0 Å². The molecule has 1 N–H and O–H groups in total. The topological polar surface area (TPSA) is 86.8 Å². The maximum Gasteiger partial charge on any atom is 0.242 e. The molecule has 0 unspecified atom stereocenters. The first-order valence-corrected chi connectivity index (χ1v) is 14.9. The minimum absolute atomic E-state index is 0.0233. The molecule has 37 heavy (non-hydrogen) atoms. The smallest absolute Gasteiger partial charge is 0.242 e. The first-order chi connectivity index (χ1) is 17.5. The third-order valence-electron chi connectivity index (χ3n) is 6.48. The van der Waals surface area contributed by atoms with Crippen LogP contribution in [0.5, 0.6) is 0 Å². The molecule has 1 fully saturated rings. The molecule has 0 aromatic heterocycles. The standard InChI is InChI=1S/C26H32BrF2N3O4S/c1-18(26(34)30-21-6-3-4-7-21)31(17-19-9-11-20(27)12-10-19)25(33)8-5-15-32(37(2,35)36)22-13-14-23(28)24(29)16-22/h9-14,16,18,21H,3-8,15,17H2,1-2H3,(H,30,34)/t18-/m1/s1. The molecule has 202 valence electrons. The van der Waals surface area contributed by atoms with Crippen molar-refractivity contribution in [1.82, 2.24) is 10.2 Å². The zero-order valence-corrected chi connectivity index (χ0v) is 23.3. The van der Waals surface area contributed by atoms with Gasteiger partial charge in [0.15, 0.2) is 11.6 Å². The molecule has 3 rings (SSSR count). The van der Waals surface area contributed by atoms with E-state index in [0.29, 0.717) is 0 Å². The van der Waals surface area contributed by atoms with E-state index in [1.165, 1.54) is 11.0 Å². The number of nitrogens with one attached hydrogen (secondary N) is 1. The van der Waals surface area contributed by atoms with Crippen molar-refractivity contribution in [3.8, 4) is 0 Å². The molecule has 1 aliphatic carbocycles. The summed E-state index contributed by atoms with van der Waals surface area (Å²) in [7, 11) is -3.81. The molecule has 2 amide bonds. The highest BCUT2D eigenvalue weighted by Crippen LogP contribution is 2.22. The first-order valence-electron chi connectivity index (χ1n) is 12.2. The van der Waals surface area contributed by atoms with E-state index in [-0.39, 0.29) is 49.5 Å². The second-order valence-corrected chi connectivity index (χ2v) is 12.2. The predicted molar refractivity (Wildman–Crippen MR) is 142 cm³/mol. The molecule has 0 bridgehead atoms. The van der Waals surface area contributed by atoms with Gasteiger partial charge in [-0.25, -0.2) is 17.2 Å². The van der Waals surface area contributed by atoms with Crippen LogP contribution in [-0.4, -0.2) is 50.0 Å². The Balaban J connectivity index is 1.72. The molecule has 1 saturated carbocycles. The van der Waals surface area contributed by atoms with E-state index in [1.807, 2.05) is 24.3 Å². The van der Waals surface area contributed by atoms with Crippen LogP contribution in [-0.2, 0) is 26.2 Å². The summed E-state index contributed by atoms with van der Waals surface area (Å²) in [5.74, 6) is -2.78. The molecular formula is C26H32BrF2N3O4S. The first kappa shape index (κ1) is 29.0. The summed E-state index contributed by atoms with van der Waals surface area (Å²) < 4.78 is 53.6. The van der Waals surface area contributed by atoms with E-state index < -0.39 is 27.7 Å². The molecule has 2 aromatic carbocycles. The number of amides is 2. The number of hydrogen-bond acceptors (Lipinski definition) is 4. The molecule has 0 aliphatic heterocycles. The minimum Gasteiger partial charge on any atom is -0.352 e. The van der Waals surface area contributed by atoms with Crippen molar-refractivity contribution in [2.45, 2.75) is 64.1 Å². The van der Waals surface area contributed by atoms with Gasteiger partial charge < -0.3 is 10.2 Å². The SMILES string of the molecule is C[C@H](C(=O)NC1CCCC1)N(Cc1ccc(Br)cc1)C(=O)CCCN(c1ccc(F)c(F)c1)S(C)(=O)=O. The van der Waals surface area contributed by atoms with E-state index in [9.17, 15) is 26.8 Å². The molecule has 0 radical (unpaired) electrons. The average molecular weight is 601 g/mol. The Hall–Kier alpha value is -2.53. The number of carbonyl (C=O) groups excluding carboxylic acids is 2. The van der Waals surface area contributed by atoms with Gasteiger partial charge in [0.2, 0.25) is 21.8 Å². The maximum absolute atomic E-state index is 13.7. The molecule has 0 heterocycles. The minimum atomic E-state index is -3.81. The molecule has 0 spiro atoms. The normalized spacial score (nSPS) is 14.8. The molecule has 1 aliphatic rings. The number of benzene rings is 2. The summed E-state index contributed by atoms with van der Waals surface area (Å²) >= 11 is 3.39. The van der Waals surface area contributed by atoms with Crippen molar-refractivity contribution in [2.75, 3.05) is 17.1 Å². The quantitative estimate of drug-likeness (QED) is 0.404. The second-order valence-electron chi connectivity index (χ2n) is 9.35. The molecule has 2 aromatic rings. The van der Waals surface area contributed by atoms with Gasteiger partial charge in [-0.15, -0.1) is 0 Å². The van der Waals surface area contributed by atoms with Gasteiger partial charge in [0.25, 0.3) is 0 Å². The van der Waals surface area contributed by atoms with Gasteiger partial charge in [-0.05, 0) is 56.0 Å². The number of anilines is 1. The van der Waals surface area contributed by atoms with E-state index in [4.69, 9.17) is 0 Å². The van der Waals surface area contributed by atoms with Gasteiger partial charge in [0, 0.05) is 36.1 Å². The largest absolute Gasteiger partial charge is 0.352 e. The molecule has 0 saturated heterocycles. The van der Waals surface area contributed by atoms with Gasteiger partial charge in [0.05, 0.1) is 11.9 Å². The van der Waals surface area contributed by atoms with Gasteiger partial charge in [-0.1, -0.05) is 40.9 Å². The fraction of sp³-hybridized carbons (Fsp3) is 0.462. The van der Waals surface area contributed by atoms with Crippen LogP contribution in [0.2, 0.25) is 0 Å². The maximum atomic E-state index is 13.7. The van der Waals surface area contributed by atoms with E-state index in [1.54, 1.807) is 6.92 Å². The molecule has 11 heteroatoms. The number of hydrogen-bond donors (Lipinski definition) is 1. The van der Waals surface area contributed by atoms with E-state index in [2.05, 4.69) is 21.2 Å². The van der Waals surface area contributed by atoms with E-state index in [0.717, 1.165) is 58.4 Å². The van der Waals surface area contributed by atoms with Gasteiger partial charge in [0.1, 0.15) is 6.04 Å². The number of carbonyl (C=O) groups is 2. The Bertz CT molecular complexity index is 1200. The molecular weight excluding hydrogens is 568 g/mol. The Morgan fingerprint density at radius 1 is 1.08 bits per heavy atom. The Kier molecular flexibility index (Phi) is 10.1. The van der Waals surface area contributed by atoms with Crippen LogP contribution in [0, 0.1) is 11.6 Å². The van der Waals surface area contributed by atoms with Crippen molar-refractivity contribution in [3.05, 3.63) is 64.1 Å². The third-order valence-corrected chi connectivity index (χ3v) is 8.20. The lowest BCUT2D eigenvalue weighted by atomic mass is 10.1. The number of halogens is 3. The van der Waals surface area contributed by atoms with Gasteiger partial charge >= 0.3 is 0 Å². The highest BCUT2D eigenvalue weighted by molar-refractivity contribution is 9.10. The lowest BCUT2D eigenvalue weighted by Gasteiger charge is -2.30. The molecule has 1 atom stereocenters. The van der Waals surface area contributed by atoms with Crippen molar-refractivity contribution in [1.29, 1.82) is 0 Å². The Labute approximate surface area is 225 Å². The van der Waals surface area contributed by atoms with Crippen molar-refractivity contribution >= 4 is 43.5 Å². The van der Waals surface area contributed by atoms with Crippen LogP contribution < -0.4 is 9.62 Å². The summed E-state index contributed by atoms with van der Waals surface area (Å²) in [5.41, 5.74) is 0.821. The monoisotopic (exact) mass is 599 g/mol. The predicted octanol–water partition coefficient (Wildman–Crippen LogP) is 4.75. The van der Waals surface area contributed by atoms with Crippen LogP contribution in [0.1, 0.15) is 51.0 Å². The van der Waals surface area contributed by atoms with Crippen LogP contribution >= 0.6 is 15.9 Å².